The first-order valence-electron chi connectivity index (χ1n) is 5.48. The first-order chi connectivity index (χ1) is 8.66. The molecule has 0 radical (unpaired) electrons. The van der Waals surface area contributed by atoms with Crippen LogP contribution >= 0.6 is 27.3 Å². The van der Waals surface area contributed by atoms with Crippen molar-refractivity contribution in [2.45, 2.75) is 12.6 Å². The summed E-state index contributed by atoms with van der Waals surface area (Å²) in [5.41, 5.74) is 6.71. The van der Waals surface area contributed by atoms with Crippen LogP contribution in [0.1, 0.15) is 16.5 Å². The molecule has 1 aromatic heterocycles. The second kappa shape index (κ2) is 6.13. The molecule has 0 saturated heterocycles. The van der Waals surface area contributed by atoms with Gasteiger partial charge in [-0.05, 0) is 27.6 Å². The van der Waals surface area contributed by atoms with Crippen LogP contribution < -0.4 is 11.1 Å². The molecule has 18 heavy (non-hydrogen) atoms. The van der Waals surface area contributed by atoms with E-state index in [1.54, 1.807) is 11.3 Å². The van der Waals surface area contributed by atoms with Crippen molar-refractivity contribution in [2.24, 2.45) is 5.73 Å². The lowest BCUT2D eigenvalue weighted by Gasteiger charge is -2.11. The summed E-state index contributed by atoms with van der Waals surface area (Å²) >= 11 is 4.97. The van der Waals surface area contributed by atoms with Gasteiger partial charge in [0.15, 0.2) is 0 Å². The topological polar surface area (TPSA) is 55.1 Å². The lowest BCUT2D eigenvalue weighted by Crippen LogP contribution is -2.33. The van der Waals surface area contributed by atoms with Crippen LogP contribution in [0, 0.1) is 0 Å². The van der Waals surface area contributed by atoms with Crippen LogP contribution in [-0.4, -0.2) is 5.91 Å². The number of hydrogen-bond donors (Lipinski definition) is 2. The highest BCUT2D eigenvalue weighted by Gasteiger charge is 2.14. The molecule has 1 amide bonds. The minimum atomic E-state index is -0.616. The average molecular weight is 325 g/mol. The second-order valence-electron chi connectivity index (χ2n) is 3.84. The number of halogens is 1. The zero-order chi connectivity index (χ0) is 13.0. The molecule has 0 saturated carbocycles. The molecule has 0 aliphatic rings. The van der Waals surface area contributed by atoms with Gasteiger partial charge in [0.25, 0.3) is 0 Å². The van der Waals surface area contributed by atoms with E-state index in [-0.39, 0.29) is 5.91 Å². The minimum Gasteiger partial charge on any atom is -0.350 e. The summed E-state index contributed by atoms with van der Waals surface area (Å²) in [5.74, 6) is -0.161. The summed E-state index contributed by atoms with van der Waals surface area (Å²) in [6, 6.07) is 10.7. The number of rotatable bonds is 4. The highest BCUT2D eigenvalue weighted by Crippen LogP contribution is 2.19. The molecule has 1 aromatic carbocycles. The Hall–Kier alpha value is -1.17. The fourth-order valence-electron chi connectivity index (χ4n) is 1.54. The van der Waals surface area contributed by atoms with Crippen LogP contribution in [0.25, 0.3) is 0 Å². The normalized spacial score (nSPS) is 12.1. The van der Waals surface area contributed by atoms with Crippen LogP contribution in [0.4, 0.5) is 0 Å². The maximum atomic E-state index is 11.9. The average Bonchev–Trinajstić information content (AvgIpc) is 2.82. The van der Waals surface area contributed by atoms with Gasteiger partial charge in [-0.1, -0.05) is 30.3 Å². The maximum absolute atomic E-state index is 11.9. The Morgan fingerprint density at radius 3 is 2.72 bits per heavy atom. The maximum Gasteiger partial charge on any atom is 0.241 e. The van der Waals surface area contributed by atoms with Gasteiger partial charge < -0.3 is 11.1 Å². The van der Waals surface area contributed by atoms with E-state index < -0.39 is 6.04 Å². The molecule has 0 aliphatic carbocycles. The van der Waals surface area contributed by atoms with E-state index in [4.69, 9.17) is 5.73 Å². The third kappa shape index (κ3) is 3.41. The summed E-state index contributed by atoms with van der Waals surface area (Å²) in [7, 11) is 0. The van der Waals surface area contributed by atoms with Gasteiger partial charge in [-0.3, -0.25) is 4.79 Å². The highest BCUT2D eigenvalue weighted by molar-refractivity contribution is 9.10. The van der Waals surface area contributed by atoms with Crippen molar-refractivity contribution in [3.05, 3.63) is 56.7 Å². The van der Waals surface area contributed by atoms with E-state index in [1.807, 2.05) is 41.8 Å². The molecule has 2 aromatic rings. The molecule has 5 heteroatoms. The summed E-state index contributed by atoms with van der Waals surface area (Å²) in [4.78, 5) is 13.0. The molecule has 0 unspecified atom stereocenters. The Morgan fingerprint density at radius 1 is 1.39 bits per heavy atom. The van der Waals surface area contributed by atoms with Crippen molar-refractivity contribution in [2.75, 3.05) is 0 Å². The first kappa shape index (κ1) is 13.3. The highest BCUT2D eigenvalue weighted by atomic mass is 79.9. The molecule has 3 N–H and O–H groups in total. The Bertz CT molecular complexity index is 527. The molecule has 0 fully saturated rings. The minimum absolute atomic E-state index is 0.161. The molecule has 3 nitrogen and oxygen atoms in total. The molecule has 0 aliphatic heterocycles. The van der Waals surface area contributed by atoms with Crippen molar-refractivity contribution < 1.29 is 4.79 Å². The number of amides is 1. The number of hydrogen-bond acceptors (Lipinski definition) is 3. The van der Waals surface area contributed by atoms with E-state index in [0.717, 1.165) is 14.9 Å². The largest absolute Gasteiger partial charge is 0.350 e. The summed E-state index contributed by atoms with van der Waals surface area (Å²) in [5, 5.41) is 4.82. The number of carbonyl (C=O) groups excluding carboxylic acids is 1. The van der Waals surface area contributed by atoms with Gasteiger partial charge in [-0.2, -0.15) is 0 Å². The van der Waals surface area contributed by atoms with Gasteiger partial charge in [-0.25, -0.2) is 0 Å². The van der Waals surface area contributed by atoms with Crippen LogP contribution in [0.15, 0.2) is 46.3 Å². The standard InChI is InChI=1S/C13H13BrN2OS/c14-10-6-11(18-8-10)7-16-13(17)12(15)9-4-2-1-3-5-9/h1-6,8,12H,7,15H2,(H,16,17)/t12-/m1/s1. The van der Waals surface area contributed by atoms with Crippen molar-refractivity contribution >= 4 is 33.2 Å². The van der Waals surface area contributed by atoms with E-state index in [0.29, 0.717) is 6.54 Å². The Labute approximate surface area is 118 Å². The summed E-state index contributed by atoms with van der Waals surface area (Å²) in [6.45, 7) is 0.510. The van der Waals surface area contributed by atoms with Gasteiger partial charge in [0.05, 0.1) is 6.54 Å². The fourth-order valence-corrected chi connectivity index (χ4v) is 2.93. The van der Waals surface area contributed by atoms with Gasteiger partial charge in [-0.15, -0.1) is 11.3 Å². The predicted molar refractivity (Wildman–Crippen MR) is 77.2 cm³/mol. The van der Waals surface area contributed by atoms with Crippen LogP contribution in [0.3, 0.4) is 0 Å². The number of nitrogens with one attached hydrogen (secondary N) is 1. The number of thiophene rings is 1. The number of nitrogens with two attached hydrogens (primary N) is 1. The van der Waals surface area contributed by atoms with Crippen molar-refractivity contribution in [3.63, 3.8) is 0 Å². The van der Waals surface area contributed by atoms with E-state index in [9.17, 15) is 4.79 Å². The number of benzene rings is 1. The molecule has 0 bridgehead atoms. The Morgan fingerprint density at radius 2 is 2.11 bits per heavy atom. The van der Waals surface area contributed by atoms with Crippen molar-refractivity contribution in [3.8, 4) is 0 Å². The summed E-state index contributed by atoms with van der Waals surface area (Å²) in [6.07, 6.45) is 0. The van der Waals surface area contributed by atoms with E-state index >= 15 is 0 Å². The molecule has 1 heterocycles. The first-order valence-corrected chi connectivity index (χ1v) is 7.15. The SMILES string of the molecule is N[C@@H](C(=O)NCc1cc(Br)cs1)c1ccccc1. The van der Waals surface area contributed by atoms with E-state index in [1.165, 1.54) is 0 Å². The van der Waals surface area contributed by atoms with Gasteiger partial charge in [0.1, 0.15) is 6.04 Å². The van der Waals surface area contributed by atoms with Crippen LogP contribution in [0.2, 0.25) is 0 Å². The van der Waals surface area contributed by atoms with Gasteiger partial charge in [0, 0.05) is 14.7 Å². The summed E-state index contributed by atoms with van der Waals surface area (Å²) < 4.78 is 1.03. The Balaban J connectivity index is 1.92. The van der Waals surface area contributed by atoms with Gasteiger partial charge >= 0.3 is 0 Å². The van der Waals surface area contributed by atoms with Crippen molar-refractivity contribution in [1.82, 2.24) is 5.32 Å². The van der Waals surface area contributed by atoms with Gasteiger partial charge in [0.2, 0.25) is 5.91 Å². The molecule has 1 atom stereocenters. The molecule has 2 rings (SSSR count). The van der Waals surface area contributed by atoms with E-state index in [2.05, 4.69) is 21.2 Å². The quantitative estimate of drug-likeness (QED) is 0.908. The monoisotopic (exact) mass is 324 g/mol. The van der Waals surface area contributed by atoms with Crippen molar-refractivity contribution in [1.29, 1.82) is 0 Å². The molecule has 94 valence electrons. The predicted octanol–water partition coefficient (Wildman–Crippen LogP) is 2.83. The van der Waals surface area contributed by atoms with Crippen LogP contribution in [0.5, 0.6) is 0 Å². The third-order valence-corrected chi connectivity index (χ3v) is 4.20. The zero-order valence-electron chi connectivity index (χ0n) is 9.60. The fraction of sp³-hybridized carbons (Fsp3) is 0.154. The lowest BCUT2D eigenvalue weighted by atomic mass is 10.1. The smallest absolute Gasteiger partial charge is 0.241 e. The zero-order valence-corrected chi connectivity index (χ0v) is 12.0. The second-order valence-corrected chi connectivity index (χ2v) is 5.75. The lowest BCUT2D eigenvalue weighted by molar-refractivity contribution is -0.122. The van der Waals surface area contributed by atoms with Crippen LogP contribution in [-0.2, 0) is 11.3 Å². The number of carbonyl (C=O) groups is 1. The third-order valence-electron chi connectivity index (χ3n) is 2.50. The molecular formula is C13H13BrN2OS. The Kier molecular flexibility index (Phi) is 4.52. The molecule has 0 spiro atoms. The molecular weight excluding hydrogens is 312 g/mol.